The number of rotatable bonds is 4. The van der Waals surface area contributed by atoms with Crippen LogP contribution in [0.1, 0.15) is 12.5 Å². The van der Waals surface area contributed by atoms with Crippen LogP contribution < -0.4 is 5.32 Å². The van der Waals surface area contributed by atoms with Gasteiger partial charge in [-0.3, -0.25) is 4.79 Å². The molecular formula is C14H15NO2. The van der Waals surface area contributed by atoms with E-state index in [0.717, 1.165) is 5.56 Å². The fourth-order valence-electron chi connectivity index (χ4n) is 1.80. The molecule has 0 spiro atoms. The molecule has 3 heteroatoms. The maximum Gasteiger partial charge on any atom is 0.320 e. The number of aliphatic carboxylic acids is 1. The van der Waals surface area contributed by atoms with Crippen LogP contribution >= 0.6 is 0 Å². The van der Waals surface area contributed by atoms with Gasteiger partial charge in [0.05, 0.1) is 0 Å². The van der Waals surface area contributed by atoms with Crippen LogP contribution in [0.25, 0.3) is 10.8 Å². The van der Waals surface area contributed by atoms with E-state index in [9.17, 15) is 4.79 Å². The third kappa shape index (κ3) is 2.63. The molecule has 0 aliphatic heterocycles. The van der Waals surface area contributed by atoms with E-state index in [0.29, 0.717) is 6.54 Å². The number of carboxylic acids is 1. The molecule has 88 valence electrons. The van der Waals surface area contributed by atoms with Crippen molar-refractivity contribution in [2.45, 2.75) is 19.5 Å². The molecule has 0 aliphatic carbocycles. The lowest BCUT2D eigenvalue weighted by atomic mass is 10.0. The Balaban J connectivity index is 2.21. The number of fused-ring (bicyclic) bond motifs is 1. The van der Waals surface area contributed by atoms with Crippen molar-refractivity contribution in [1.82, 2.24) is 5.32 Å². The number of nitrogens with one attached hydrogen (secondary N) is 1. The van der Waals surface area contributed by atoms with E-state index in [1.165, 1.54) is 10.8 Å². The third-order valence-corrected chi connectivity index (χ3v) is 2.85. The van der Waals surface area contributed by atoms with Crippen molar-refractivity contribution < 1.29 is 9.90 Å². The molecule has 0 bridgehead atoms. The van der Waals surface area contributed by atoms with Crippen LogP contribution in [-0.2, 0) is 11.3 Å². The Morgan fingerprint density at radius 3 is 2.71 bits per heavy atom. The van der Waals surface area contributed by atoms with E-state index in [2.05, 4.69) is 23.5 Å². The topological polar surface area (TPSA) is 49.3 Å². The van der Waals surface area contributed by atoms with Gasteiger partial charge in [0, 0.05) is 6.54 Å². The van der Waals surface area contributed by atoms with Crippen LogP contribution in [0.2, 0.25) is 0 Å². The lowest BCUT2D eigenvalue weighted by molar-refractivity contribution is -0.139. The molecule has 17 heavy (non-hydrogen) atoms. The summed E-state index contributed by atoms with van der Waals surface area (Å²) in [4.78, 5) is 10.7. The molecule has 2 aromatic carbocycles. The molecule has 0 saturated heterocycles. The molecule has 0 radical (unpaired) electrons. The highest BCUT2D eigenvalue weighted by molar-refractivity contribution is 5.85. The summed E-state index contributed by atoms with van der Waals surface area (Å²) in [5.74, 6) is -0.828. The molecule has 2 aromatic rings. The van der Waals surface area contributed by atoms with Gasteiger partial charge < -0.3 is 10.4 Å². The first-order valence-corrected chi connectivity index (χ1v) is 5.61. The highest BCUT2D eigenvalue weighted by Gasteiger charge is 2.09. The summed E-state index contributed by atoms with van der Waals surface area (Å²) in [6, 6.07) is 13.6. The first-order valence-electron chi connectivity index (χ1n) is 5.61. The molecule has 1 atom stereocenters. The van der Waals surface area contributed by atoms with E-state index in [4.69, 9.17) is 5.11 Å². The Kier molecular flexibility index (Phi) is 3.40. The van der Waals surface area contributed by atoms with E-state index >= 15 is 0 Å². The average molecular weight is 229 g/mol. The summed E-state index contributed by atoms with van der Waals surface area (Å²) in [5.41, 5.74) is 1.12. The number of carbonyl (C=O) groups is 1. The van der Waals surface area contributed by atoms with Gasteiger partial charge in [-0.05, 0) is 23.3 Å². The van der Waals surface area contributed by atoms with Crippen LogP contribution in [0.15, 0.2) is 42.5 Å². The van der Waals surface area contributed by atoms with Gasteiger partial charge >= 0.3 is 5.97 Å². The fraction of sp³-hybridized carbons (Fsp3) is 0.214. The maximum absolute atomic E-state index is 10.7. The van der Waals surface area contributed by atoms with E-state index in [1.54, 1.807) is 6.92 Å². The summed E-state index contributed by atoms with van der Waals surface area (Å²) in [5, 5.41) is 14.1. The van der Waals surface area contributed by atoms with Gasteiger partial charge in [0.2, 0.25) is 0 Å². The van der Waals surface area contributed by atoms with Gasteiger partial charge in [-0.15, -0.1) is 0 Å². The second kappa shape index (κ2) is 4.97. The minimum atomic E-state index is -0.828. The molecule has 0 aliphatic rings. The van der Waals surface area contributed by atoms with Crippen molar-refractivity contribution in [3.63, 3.8) is 0 Å². The molecule has 0 heterocycles. The Hall–Kier alpha value is -1.87. The molecule has 0 amide bonds. The van der Waals surface area contributed by atoms with Crippen molar-refractivity contribution in [2.75, 3.05) is 0 Å². The smallest absolute Gasteiger partial charge is 0.320 e. The van der Waals surface area contributed by atoms with Crippen LogP contribution in [0.3, 0.4) is 0 Å². The third-order valence-electron chi connectivity index (χ3n) is 2.85. The predicted octanol–water partition coefficient (Wildman–Crippen LogP) is 2.40. The monoisotopic (exact) mass is 229 g/mol. The molecular weight excluding hydrogens is 214 g/mol. The first kappa shape index (κ1) is 11.6. The lowest BCUT2D eigenvalue weighted by Crippen LogP contribution is -2.33. The zero-order chi connectivity index (χ0) is 12.3. The largest absolute Gasteiger partial charge is 0.480 e. The Morgan fingerprint density at radius 2 is 1.94 bits per heavy atom. The molecule has 3 nitrogen and oxygen atoms in total. The van der Waals surface area contributed by atoms with Crippen molar-refractivity contribution >= 4 is 16.7 Å². The Morgan fingerprint density at radius 1 is 1.24 bits per heavy atom. The minimum Gasteiger partial charge on any atom is -0.480 e. The summed E-state index contributed by atoms with van der Waals surface area (Å²) in [7, 11) is 0. The number of carboxylic acid groups (broad SMARTS) is 1. The van der Waals surface area contributed by atoms with Crippen molar-refractivity contribution in [3.05, 3.63) is 48.0 Å². The predicted molar refractivity (Wildman–Crippen MR) is 67.9 cm³/mol. The summed E-state index contributed by atoms with van der Waals surface area (Å²) in [6.45, 7) is 2.21. The van der Waals surface area contributed by atoms with Crippen LogP contribution in [-0.4, -0.2) is 17.1 Å². The standard InChI is InChI=1S/C14H15NO2/c1-10(14(16)17)15-9-12-7-4-6-11-5-2-3-8-13(11)12/h2-8,10,15H,9H2,1H3,(H,16,17)/t10-/m0/s1. The van der Waals surface area contributed by atoms with Gasteiger partial charge in [0.1, 0.15) is 6.04 Å². The molecule has 0 fully saturated rings. The second-order valence-electron chi connectivity index (χ2n) is 4.08. The quantitative estimate of drug-likeness (QED) is 0.846. The number of hydrogen-bond acceptors (Lipinski definition) is 2. The van der Waals surface area contributed by atoms with Gasteiger partial charge in [0.25, 0.3) is 0 Å². The summed E-state index contributed by atoms with van der Waals surface area (Å²) in [6.07, 6.45) is 0. The Labute approximate surface area is 100 Å². The zero-order valence-corrected chi connectivity index (χ0v) is 9.68. The number of hydrogen-bond donors (Lipinski definition) is 2. The van der Waals surface area contributed by atoms with Crippen molar-refractivity contribution in [1.29, 1.82) is 0 Å². The van der Waals surface area contributed by atoms with Gasteiger partial charge in [-0.2, -0.15) is 0 Å². The first-order chi connectivity index (χ1) is 8.18. The van der Waals surface area contributed by atoms with E-state index < -0.39 is 12.0 Å². The van der Waals surface area contributed by atoms with Crippen LogP contribution in [0.4, 0.5) is 0 Å². The molecule has 2 rings (SSSR count). The molecule has 0 saturated carbocycles. The number of benzene rings is 2. The summed E-state index contributed by atoms with van der Waals surface area (Å²) < 4.78 is 0. The van der Waals surface area contributed by atoms with Crippen LogP contribution in [0, 0.1) is 0 Å². The fourth-order valence-corrected chi connectivity index (χ4v) is 1.80. The highest BCUT2D eigenvalue weighted by Crippen LogP contribution is 2.18. The van der Waals surface area contributed by atoms with E-state index in [1.807, 2.05) is 24.3 Å². The van der Waals surface area contributed by atoms with Crippen LogP contribution in [0.5, 0.6) is 0 Å². The molecule has 2 N–H and O–H groups in total. The maximum atomic E-state index is 10.7. The normalized spacial score (nSPS) is 12.5. The van der Waals surface area contributed by atoms with Gasteiger partial charge in [-0.25, -0.2) is 0 Å². The highest BCUT2D eigenvalue weighted by atomic mass is 16.4. The SMILES string of the molecule is C[C@H](NCc1cccc2ccccc12)C(=O)O. The second-order valence-corrected chi connectivity index (χ2v) is 4.08. The van der Waals surface area contributed by atoms with E-state index in [-0.39, 0.29) is 0 Å². The van der Waals surface area contributed by atoms with Gasteiger partial charge in [0.15, 0.2) is 0 Å². The molecule has 0 aromatic heterocycles. The Bertz CT molecular complexity index is 531. The zero-order valence-electron chi connectivity index (χ0n) is 9.68. The summed E-state index contributed by atoms with van der Waals surface area (Å²) >= 11 is 0. The van der Waals surface area contributed by atoms with Crippen molar-refractivity contribution in [3.8, 4) is 0 Å². The lowest BCUT2D eigenvalue weighted by Gasteiger charge is -2.11. The average Bonchev–Trinajstić information content (AvgIpc) is 2.35. The van der Waals surface area contributed by atoms with Crippen molar-refractivity contribution in [2.24, 2.45) is 0 Å². The molecule has 0 unspecified atom stereocenters. The van der Waals surface area contributed by atoms with Gasteiger partial charge in [-0.1, -0.05) is 42.5 Å². The minimum absolute atomic E-state index is 0.533.